The predicted molar refractivity (Wildman–Crippen MR) is 130 cm³/mol. The van der Waals surface area contributed by atoms with Gasteiger partial charge in [0.25, 0.3) is 0 Å². The van der Waals surface area contributed by atoms with E-state index in [0.29, 0.717) is 36.4 Å². The molecule has 2 aromatic rings. The average molecular weight is 484 g/mol. The van der Waals surface area contributed by atoms with Gasteiger partial charge in [0.2, 0.25) is 5.91 Å². The fourth-order valence-electron chi connectivity index (χ4n) is 3.05. The van der Waals surface area contributed by atoms with Crippen LogP contribution in [0.1, 0.15) is 24.0 Å². The number of anilines is 1. The first kappa shape index (κ1) is 27.2. The molecule has 1 N–H and O–H groups in total. The highest BCUT2D eigenvalue weighted by Crippen LogP contribution is 2.27. The first-order valence-corrected chi connectivity index (χ1v) is 10.9. The Kier molecular flexibility index (Phi) is 11.1. The Morgan fingerprint density at radius 1 is 1.14 bits per heavy atom. The number of aryl methyl sites for hydroxylation is 1. The second-order valence-electron chi connectivity index (χ2n) is 7.74. The lowest BCUT2D eigenvalue weighted by molar-refractivity contribution is -0.125. The number of likely N-dealkylation sites (N-methyl/N-ethyl adjacent to an activating group) is 1. The number of hydrogen-bond donors (Lipinski definition) is 1. The molecule has 0 heterocycles. The molecule has 0 unspecified atom stereocenters. The van der Waals surface area contributed by atoms with Gasteiger partial charge in [0.15, 0.2) is 5.78 Å². The van der Waals surface area contributed by atoms with E-state index >= 15 is 0 Å². The zero-order valence-electron chi connectivity index (χ0n) is 20.0. The highest BCUT2D eigenvalue weighted by Gasteiger charge is 2.13. The van der Waals surface area contributed by atoms with Crippen LogP contribution in [0.5, 0.6) is 5.75 Å². The molecule has 11 heteroatoms. The van der Waals surface area contributed by atoms with Gasteiger partial charge in [-0.1, -0.05) is 28.9 Å². The second-order valence-corrected chi connectivity index (χ2v) is 7.74. The zero-order chi connectivity index (χ0) is 25.6. The van der Waals surface area contributed by atoms with E-state index in [1.807, 2.05) is 19.1 Å². The van der Waals surface area contributed by atoms with Gasteiger partial charge in [-0.25, -0.2) is 4.79 Å². The average Bonchev–Trinajstić information content (AvgIpc) is 2.83. The highest BCUT2D eigenvalue weighted by atomic mass is 16.7. The van der Waals surface area contributed by atoms with E-state index < -0.39 is 6.16 Å². The van der Waals surface area contributed by atoms with Crippen LogP contribution in [0.4, 0.5) is 16.2 Å². The van der Waals surface area contributed by atoms with E-state index in [-0.39, 0.29) is 37.1 Å². The standard InChI is InChI=1S/C24H29N5O6/c1-17-6-10-21(11-7-17)35-24(32)34-15-18-8-9-19(13-22(18)27-28-25)29(2)14-20(30)5-4-12-26-23(31)16-33-3/h6-11,13H,4-5,12,14-16H2,1-3H3,(H,26,31). The van der Waals surface area contributed by atoms with Crippen molar-refractivity contribution in [1.82, 2.24) is 5.32 Å². The van der Waals surface area contributed by atoms with Crippen LogP contribution in [0.3, 0.4) is 0 Å². The summed E-state index contributed by atoms with van der Waals surface area (Å²) in [6, 6.07) is 11.9. The third-order valence-corrected chi connectivity index (χ3v) is 4.87. The smallest absolute Gasteiger partial charge is 0.429 e. The Balaban J connectivity index is 1.89. The lowest BCUT2D eigenvalue weighted by atomic mass is 10.1. The van der Waals surface area contributed by atoms with Crippen molar-refractivity contribution in [2.24, 2.45) is 5.11 Å². The number of amides is 1. The van der Waals surface area contributed by atoms with Crippen molar-refractivity contribution in [2.45, 2.75) is 26.4 Å². The van der Waals surface area contributed by atoms with Gasteiger partial charge in [-0.15, -0.1) is 0 Å². The Hall–Kier alpha value is -4.08. The predicted octanol–water partition coefficient (Wildman–Crippen LogP) is 4.20. The molecule has 0 saturated heterocycles. The van der Waals surface area contributed by atoms with Crippen molar-refractivity contribution in [2.75, 3.05) is 38.8 Å². The molecule has 0 radical (unpaired) electrons. The quantitative estimate of drug-likeness (QED) is 0.112. The molecule has 1 amide bonds. The number of ether oxygens (including phenoxy) is 3. The van der Waals surface area contributed by atoms with E-state index in [2.05, 4.69) is 15.3 Å². The van der Waals surface area contributed by atoms with E-state index in [9.17, 15) is 14.4 Å². The molecule has 0 spiro atoms. The van der Waals surface area contributed by atoms with Crippen LogP contribution in [0.2, 0.25) is 0 Å². The first-order chi connectivity index (χ1) is 16.8. The minimum atomic E-state index is -0.883. The number of azide groups is 1. The first-order valence-electron chi connectivity index (χ1n) is 10.9. The van der Waals surface area contributed by atoms with Crippen molar-refractivity contribution in [3.63, 3.8) is 0 Å². The lowest BCUT2D eigenvalue weighted by Gasteiger charge is -2.20. The van der Waals surface area contributed by atoms with Gasteiger partial charge >= 0.3 is 6.16 Å². The molecule has 0 saturated carbocycles. The summed E-state index contributed by atoms with van der Waals surface area (Å²) in [4.78, 5) is 40.2. The number of Topliss-reactive ketones (excluding diaryl/α,β-unsaturated/α-hetero) is 1. The van der Waals surface area contributed by atoms with Crippen molar-refractivity contribution < 1.29 is 28.6 Å². The summed E-state index contributed by atoms with van der Waals surface area (Å²) < 4.78 is 15.0. The van der Waals surface area contributed by atoms with Crippen LogP contribution in [-0.2, 0) is 25.7 Å². The van der Waals surface area contributed by atoms with Crippen molar-refractivity contribution in [3.05, 3.63) is 64.0 Å². The molecule has 0 aromatic heterocycles. The van der Waals surface area contributed by atoms with Gasteiger partial charge < -0.3 is 24.4 Å². The molecule has 0 aliphatic carbocycles. The molecular weight excluding hydrogens is 454 g/mol. The summed E-state index contributed by atoms with van der Waals surface area (Å²) in [6.07, 6.45) is -0.0670. The van der Waals surface area contributed by atoms with E-state index in [0.717, 1.165) is 5.56 Å². The molecule has 2 rings (SSSR count). The van der Waals surface area contributed by atoms with Crippen LogP contribution in [0, 0.1) is 6.92 Å². The van der Waals surface area contributed by atoms with Gasteiger partial charge in [-0.05, 0) is 48.7 Å². The van der Waals surface area contributed by atoms with E-state index in [1.165, 1.54) is 7.11 Å². The summed E-state index contributed by atoms with van der Waals surface area (Å²) >= 11 is 0. The fourth-order valence-corrected chi connectivity index (χ4v) is 3.05. The van der Waals surface area contributed by atoms with Crippen molar-refractivity contribution >= 4 is 29.2 Å². The number of rotatable bonds is 13. The minimum Gasteiger partial charge on any atom is -0.429 e. The monoisotopic (exact) mass is 483 g/mol. The molecule has 11 nitrogen and oxygen atoms in total. The molecule has 0 aliphatic rings. The Labute approximate surface area is 203 Å². The Bertz CT molecular complexity index is 1070. The number of methoxy groups -OCH3 is 1. The van der Waals surface area contributed by atoms with E-state index in [4.69, 9.17) is 19.7 Å². The Morgan fingerprint density at radius 2 is 1.89 bits per heavy atom. The SMILES string of the molecule is COCC(=O)NCCCC(=O)CN(C)c1ccc(COC(=O)Oc2ccc(C)cc2)c(N=[N+]=[N-])c1. The van der Waals surface area contributed by atoms with Crippen LogP contribution in [0.15, 0.2) is 47.6 Å². The molecular formula is C24H29N5O6. The normalized spacial score (nSPS) is 10.1. The molecule has 186 valence electrons. The number of carbonyl (C=O) groups is 3. The highest BCUT2D eigenvalue weighted by molar-refractivity contribution is 5.83. The molecule has 35 heavy (non-hydrogen) atoms. The van der Waals surface area contributed by atoms with Crippen LogP contribution in [-0.4, -0.2) is 51.7 Å². The second kappa shape index (κ2) is 14.2. The Morgan fingerprint density at radius 3 is 2.57 bits per heavy atom. The third kappa shape index (κ3) is 9.75. The van der Waals surface area contributed by atoms with Gasteiger partial charge in [-0.2, -0.15) is 0 Å². The van der Waals surface area contributed by atoms with Gasteiger partial charge in [0.1, 0.15) is 19.0 Å². The van der Waals surface area contributed by atoms with Crippen LogP contribution in [0.25, 0.3) is 10.4 Å². The van der Waals surface area contributed by atoms with Gasteiger partial charge in [0, 0.05) is 43.4 Å². The van der Waals surface area contributed by atoms with Gasteiger partial charge in [-0.3, -0.25) is 9.59 Å². The zero-order valence-corrected chi connectivity index (χ0v) is 20.0. The summed E-state index contributed by atoms with van der Waals surface area (Å²) in [5.74, 6) is 0.120. The summed E-state index contributed by atoms with van der Waals surface area (Å²) in [6.45, 7) is 2.28. The van der Waals surface area contributed by atoms with Crippen molar-refractivity contribution in [1.29, 1.82) is 0 Å². The summed E-state index contributed by atoms with van der Waals surface area (Å²) in [7, 11) is 3.18. The molecule has 0 fully saturated rings. The third-order valence-electron chi connectivity index (χ3n) is 4.87. The largest absolute Gasteiger partial charge is 0.514 e. The molecule has 0 atom stereocenters. The van der Waals surface area contributed by atoms with Crippen LogP contribution < -0.4 is 15.0 Å². The molecule has 2 aromatic carbocycles. The van der Waals surface area contributed by atoms with Crippen molar-refractivity contribution in [3.8, 4) is 5.75 Å². The lowest BCUT2D eigenvalue weighted by Crippen LogP contribution is -2.29. The number of benzene rings is 2. The maximum absolute atomic E-state index is 12.3. The molecule has 0 bridgehead atoms. The fraction of sp³-hybridized carbons (Fsp3) is 0.375. The van der Waals surface area contributed by atoms with Gasteiger partial charge in [0.05, 0.1) is 6.54 Å². The minimum absolute atomic E-state index is 0.00918. The maximum atomic E-state index is 12.3. The number of carbonyl (C=O) groups excluding carboxylic acids is 3. The summed E-state index contributed by atoms with van der Waals surface area (Å²) in [5, 5.41) is 6.35. The number of ketones is 1. The molecule has 0 aliphatic heterocycles. The number of nitrogens with zero attached hydrogens (tertiary/aromatic N) is 4. The topological polar surface area (TPSA) is 143 Å². The van der Waals surface area contributed by atoms with Crippen LogP contribution >= 0.6 is 0 Å². The number of hydrogen-bond acceptors (Lipinski definition) is 8. The van der Waals surface area contributed by atoms with E-state index in [1.54, 1.807) is 42.3 Å². The number of nitrogens with one attached hydrogen (secondary N) is 1. The summed E-state index contributed by atoms with van der Waals surface area (Å²) in [5.41, 5.74) is 11.4. The maximum Gasteiger partial charge on any atom is 0.514 e.